The van der Waals surface area contributed by atoms with Crippen molar-refractivity contribution >= 4 is 32.6 Å². The molecule has 21 heavy (non-hydrogen) atoms. The third-order valence-electron chi connectivity index (χ3n) is 3.82. The molecule has 0 N–H and O–H groups in total. The van der Waals surface area contributed by atoms with Crippen LogP contribution in [-0.4, -0.2) is 10.4 Å². The predicted molar refractivity (Wildman–Crippen MR) is 90.0 cm³/mol. The molecule has 2 aromatic carbocycles. The fourth-order valence-corrected chi connectivity index (χ4v) is 2.94. The standard InChI is InChI=1S/C18H16BrNO/c1-11-4-7-14-15(10-20(3)17(14)8-11)18(21)13-6-5-12(2)16(19)9-13/h4-10H,1-3H3. The molecule has 0 atom stereocenters. The lowest BCUT2D eigenvalue weighted by atomic mass is 10.0. The van der Waals surface area contributed by atoms with Gasteiger partial charge in [0.05, 0.1) is 0 Å². The summed E-state index contributed by atoms with van der Waals surface area (Å²) in [6.45, 7) is 4.07. The molecular weight excluding hydrogens is 326 g/mol. The normalized spacial score (nSPS) is 11.0. The zero-order valence-corrected chi connectivity index (χ0v) is 13.9. The second kappa shape index (κ2) is 5.15. The molecule has 0 aliphatic rings. The number of carbonyl (C=O) groups excluding carboxylic acids is 1. The highest BCUT2D eigenvalue weighted by atomic mass is 79.9. The number of aryl methyl sites for hydroxylation is 3. The van der Waals surface area contributed by atoms with Crippen molar-refractivity contribution in [3.05, 3.63) is 69.3 Å². The lowest BCUT2D eigenvalue weighted by Gasteiger charge is -2.03. The summed E-state index contributed by atoms with van der Waals surface area (Å²) >= 11 is 3.49. The number of carbonyl (C=O) groups is 1. The molecule has 3 aromatic rings. The quantitative estimate of drug-likeness (QED) is 0.614. The Morgan fingerprint density at radius 1 is 1.10 bits per heavy atom. The molecule has 3 heteroatoms. The third-order valence-corrected chi connectivity index (χ3v) is 4.68. The number of benzene rings is 2. The van der Waals surface area contributed by atoms with E-state index in [2.05, 4.69) is 28.9 Å². The number of fused-ring (bicyclic) bond motifs is 1. The molecule has 0 fully saturated rings. The Kier molecular flexibility index (Phi) is 3.46. The van der Waals surface area contributed by atoms with E-state index < -0.39 is 0 Å². The molecule has 1 aromatic heterocycles. The smallest absolute Gasteiger partial charge is 0.195 e. The fraction of sp³-hybridized carbons (Fsp3) is 0.167. The van der Waals surface area contributed by atoms with Crippen LogP contribution in [0.25, 0.3) is 10.9 Å². The van der Waals surface area contributed by atoms with Crippen LogP contribution in [0.2, 0.25) is 0 Å². The second-order valence-electron chi connectivity index (χ2n) is 5.47. The van der Waals surface area contributed by atoms with Gasteiger partial charge < -0.3 is 4.57 Å². The van der Waals surface area contributed by atoms with Gasteiger partial charge in [-0.05, 0) is 37.1 Å². The summed E-state index contributed by atoms with van der Waals surface area (Å²) in [4.78, 5) is 12.8. The highest BCUT2D eigenvalue weighted by Gasteiger charge is 2.16. The molecule has 0 aliphatic carbocycles. The molecule has 0 aliphatic heterocycles. The van der Waals surface area contributed by atoms with E-state index in [0.717, 1.165) is 26.5 Å². The van der Waals surface area contributed by atoms with E-state index in [-0.39, 0.29) is 5.78 Å². The Morgan fingerprint density at radius 2 is 1.86 bits per heavy atom. The van der Waals surface area contributed by atoms with Gasteiger partial charge in [-0.3, -0.25) is 4.79 Å². The molecule has 0 saturated carbocycles. The van der Waals surface area contributed by atoms with Crippen LogP contribution in [0.1, 0.15) is 27.0 Å². The summed E-state index contributed by atoms with van der Waals surface area (Å²) < 4.78 is 2.98. The van der Waals surface area contributed by atoms with E-state index in [0.29, 0.717) is 5.56 Å². The summed E-state index contributed by atoms with van der Waals surface area (Å²) in [7, 11) is 1.98. The number of ketones is 1. The largest absolute Gasteiger partial charge is 0.350 e. The van der Waals surface area contributed by atoms with E-state index in [9.17, 15) is 4.79 Å². The van der Waals surface area contributed by atoms with E-state index in [4.69, 9.17) is 0 Å². The first-order chi connectivity index (χ1) is 9.97. The molecule has 0 unspecified atom stereocenters. The average Bonchev–Trinajstić information content (AvgIpc) is 2.78. The first-order valence-electron chi connectivity index (χ1n) is 6.84. The van der Waals surface area contributed by atoms with Crippen molar-refractivity contribution in [2.75, 3.05) is 0 Å². The Bertz CT molecular complexity index is 861. The van der Waals surface area contributed by atoms with Gasteiger partial charge in [0.15, 0.2) is 5.78 Å². The lowest BCUT2D eigenvalue weighted by molar-refractivity contribution is 0.104. The SMILES string of the molecule is Cc1ccc2c(C(=O)c3ccc(C)c(Br)c3)cn(C)c2c1. The Morgan fingerprint density at radius 3 is 2.57 bits per heavy atom. The molecule has 0 amide bonds. The van der Waals surface area contributed by atoms with Gasteiger partial charge in [0, 0.05) is 39.7 Å². The minimum absolute atomic E-state index is 0.0603. The number of hydrogen-bond acceptors (Lipinski definition) is 1. The third kappa shape index (κ3) is 2.42. The van der Waals surface area contributed by atoms with Crippen molar-refractivity contribution in [1.82, 2.24) is 4.57 Å². The first kappa shape index (κ1) is 14.1. The topological polar surface area (TPSA) is 22.0 Å². The van der Waals surface area contributed by atoms with Crippen LogP contribution in [0.5, 0.6) is 0 Å². The zero-order chi connectivity index (χ0) is 15.1. The monoisotopic (exact) mass is 341 g/mol. The predicted octanol–water partition coefficient (Wildman–Crippen LogP) is 4.79. The van der Waals surface area contributed by atoms with Gasteiger partial charge in [-0.2, -0.15) is 0 Å². The molecule has 0 bridgehead atoms. The molecule has 2 nitrogen and oxygen atoms in total. The van der Waals surface area contributed by atoms with Gasteiger partial charge in [0.1, 0.15) is 0 Å². The molecule has 0 saturated heterocycles. The van der Waals surface area contributed by atoms with Crippen LogP contribution in [0.15, 0.2) is 47.1 Å². The van der Waals surface area contributed by atoms with Crippen LogP contribution < -0.4 is 0 Å². The molecule has 3 rings (SSSR count). The van der Waals surface area contributed by atoms with E-state index in [1.165, 1.54) is 5.56 Å². The van der Waals surface area contributed by atoms with Crippen molar-refractivity contribution in [2.45, 2.75) is 13.8 Å². The van der Waals surface area contributed by atoms with Crippen LogP contribution in [0.3, 0.4) is 0 Å². The van der Waals surface area contributed by atoms with Gasteiger partial charge in [0.2, 0.25) is 0 Å². The van der Waals surface area contributed by atoms with Gasteiger partial charge in [-0.15, -0.1) is 0 Å². The van der Waals surface area contributed by atoms with Crippen LogP contribution in [-0.2, 0) is 7.05 Å². The van der Waals surface area contributed by atoms with Crippen LogP contribution in [0.4, 0.5) is 0 Å². The molecule has 0 radical (unpaired) electrons. The molecule has 1 heterocycles. The summed E-state index contributed by atoms with van der Waals surface area (Å²) in [6, 6.07) is 11.9. The van der Waals surface area contributed by atoms with Gasteiger partial charge in [0.25, 0.3) is 0 Å². The highest BCUT2D eigenvalue weighted by molar-refractivity contribution is 9.10. The van der Waals surface area contributed by atoms with E-state index >= 15 is 0 Å². The lowest BCUT2D eigenvalue weighted by Crippen LogP contribution is -2.01. The number of nitrogens with zero attached hydrogens (tertiary/aromatic N) is 1. The molecule has 106 valence electrons. The summed E-state index contributed by atoms with van der Waals surface area (Å²) in [5.41, 5.74) is 4.87. The highest BCUT2D eigenvalue weighted by Crippen LogP contribution is 2.26. The maximum Gasteiger partial charge on any atom is 0.195 e. The number of halogens is 1. The summed E-state index contributed by atoms with van der Waals surface area (Å²) in [5.74, 6) is 0.0603. The fourth-order valence-electron chi connectivity index (χ4n) is 2.56. The van der Waals surface area contributed by atoms with Gasteiger partial charge in [-0.1, -0.05) is 40.2 Å². The molecular formula is C18H16BrNO. The van der Waals surface area contributed by atoms with Crippen molar-refractivity contribution in [3.63, 3.8) is 0 Å². The Hall–Kier alpha value is -1.87. The van der Waals surface area contributed by atoms with Gasteiger partial charge >= 0.3 is 0 Å². The summed E-state index contributed by atoms with van der Waals surface area (Å²) in [6.07, 6.45) is 1.92. The summed E-state index contributed by atoms with van der Waals surface area (Å²) in [5, 5.41) is 1.00. The minimum Gasteiger partial charge on any atom is -0.350 e. The first-order valence-corrected chi connectivity index (χ1v) is 7.63. The maximum absolute atomic E-state index is 12.8. The Balaban J connectivity index is 2.15. The minimum atomic E-state index is 0.0603. The van der Waals surface area contributed by atoms with Gasteiger partial charge in [-0.25, -0.2) is 0 Å². The second-order valence-corrected chi connectivity index (χ2v) is 6.32. The van der Waals surface area contributed by atoms with E-state index in [1.807, 2.05) is 55.1 Å². The van der Waals surface area contributed by atoms with Crippen molar-refractivity contribution in [1.29, 1.82) is 0 Å². The van der Waals surface area contributed by atoms with Crippen LogP contribution in [0, 0.1) is 13.8 Å². The maximum atomic E-state index is 12.8. The number of rotatable bonds is 2. The Labute approximate surface area is 132 Å². The van der Waals surface area contributed by atoms with Crippen LogP contribution >= 0.6 is 15.9 Å². The van der Waals surface area contributed by atoms with E-state index in [1.54, 1.807) is 0 Å². The average molecular weight is 342 g/mol. The molecule has 0 spiro atoms. The zero-order valence-electron chi connectivity index (χ0n) is 12.3. The van der Waals surface area contributed by atoms with Crippen molar-refractivity contribution in [2.24, 2.45) is 7.05 Å². The van der Waals surface area contributed by atoms with Crippen molar-refractivity contribution < 1.29 is 4.79 Å². The number of aromatic nitrogens is 1. The number of hydrogen-bond donors (Lipinski definition) is 0. The van der Waals surface area contributed by atoms with Crippen molar-refractivity contribution in [3.8, 4) is 0 Å².